The van der Waals surface area contributed by atoms with E-state index in [0.29, 0.717) is 5.69 Å². The zero-order valence-corrected chi connectivity index (χ0v) is 11.2. The van der Waals surface area contributed by atoms with Crippen LogP contribution in [-0.4, -0.2) is 16.6 Å². The summed E-state index contributed by atoms with van der Waals surface area (Å²) in [7, 11) is 0. The molecule has 0 spiro atoms. The van der Waals surface area contributed by atoms with Crippen molar-refractivity contribution in [2.75, 3.05) is 6.54 Å². The quantitative estimate of drug-likeness (QED) is 0.853. The number of hydrogen-bond donors (Lipinski definition) is 2. The third-order valence-corrected chi connectivity index (χ3v) is 3.35. The summed E-state index contributed by atoms with van der Waals surface area (Å²) in [4.78, 5) is 4.08. The predicted molar refractivity (Wildman–Crippen MR) is 72.4 cm³/mol. The lowest BCUT2D eigenvalue weighted by atomic mass is 9.92. The molecule has 2 unspecified atom stereocenters. The highest BCUT2D eigenvalue weighted by atomic mass is 35.5. The lowest BCUT2D eigenvalue weighted by Gasteiger charge is -2.22. The number of nitrogens with two attached hydrogens (primary N) is 1. The van der Waals surface area contributed by atoms with Gasteiger partial charge in [0.15, 0.2) is 0 Å². The van der Waals surface area contributed by atoms with Gasteiger partial charge in [-0.1, -0.05) is 17.7 Å². The first-order valence-corrected chi connectivity index (χ1v) is 6.36. The molecule has 0 saturated carbocycles. The minimum Gasteiger partial charge on any atom is -0.388 e. The SMILES string of the molecule is NCC(c1ccccn1)C(O)c1cc(F)c(Cl)cc1F. The lowest BCUT2D eigenvalue weighted by Crippen LogP contribution is -2.22. The van der Waals surface area contributed by atoms with Crippen molar-refractivity contribution in [2.24, 2.45) is 5.73 Å². The molecular weight excluding hydrogens is 286 g/mol. The molecule has 1 aromatic heterocycles. The second-order valence-corrected chi connectivity index (χ2v) is 4.74. The Morgan fingerprint density at radius 2 is 2.00 bits per heavy atom. The summed E-state index contributed by atoms with van der Waals surface area (Å²) in [5.74, 6) is -2.21. The minimum atomic E-state index is -1.30. The van der Waals surface area contributed by atoms with E-state index in [1.54, 1.807) is 24.4 Å². The average Bonchev–Trinajstić information content (AvgIpc) is 2.44. The van der Waals surface area contributed by atoms with Crippen molar-refractivity contribution in [3.05, 3.63) is 64.4 Å². The van der Waals surface area contributed by atoms with E-state index in [2.05, 4.69) is 4.98 Å². The second kappa shape index (κ2) is 6.26. The van der Waals surface area contributed by atoms with Crippen molar-refractivity contribution >= 4 is 11.6 Å². The van der Waals surface area contributed by atoms with Gasteiger partial charge in [-0.15, -0.1) is 0 Å². The molecule has 0 bridgehead atoms. The molecule has 1 aromatic carbocycles. The molecule has 0 aliphatic heterocycles. The first kappa shape index (κ1) is 14.8. The van der Waals surface area contributed by atoms with E-state index < -0.39 is 23.7 Å². The van der Waals surface area contributed by atoms with E-state index in [9.17, 15) is 13.9 Å². The molecule has 0 aliphatic rings. The molecule has 0 aliphatic carbocycles. The predicted octanol–water partition coefficient (Wildman–Crippen LogP) is 2.79. The Morgan fingerprint density at radius 1 is 1.25 bits per heavy atom. The smallest absolute Gasteiger partial charge is 0.142 e. The van der Waals surface area contributed by atoms with Crippen LogP contribution < -0.4 is 5.73 Å². The number of hydrogen-bond acceptors (Lipinski definition) is 3. The number of halogens is 3. The second-order valence-electron chi connectivity index (χ2n) is 4.33. The van der Waals surface area contributed by atoms with Crippen LogP contribution in [0, 0.1) is 11.6 Å². The maximum absolute atomic E-state index is 13.8. The zero-order valence-electron chi connectivity index (χ0n) is 10.4. The topological polar surface area (TPSA) is 59.1 Å². The Balaban J connectivity index is 2.39. The van der Waals surface area contributed by atoms with Crippen LogP contribution in [0.5, 0.6) is 0 Å². The van der Waals surface area contributed by atoms with Gasteiger partial charge in [0.2, 0.25) is 0 Å². The van der Waals surface area contributed by atoms with Crippen molar-refractivity contribution in [1.82, 2.24) is 4.98 Å². The van der Waals surface area contributed by atoms with Crippen LogP contribution in [0.2, 0.25) is 5.02 Å². The highest BCUT2D eigenvalue weighted by molar-refractivity contribution is 6.30. The average molecular weight is 299 g/mol. The van der Waals surface area contributed by atoms with Gasteiger partial charge in [0.05, 0.1) is 11.1 Å². The molecule has 0 radical (unpaired) electrons. The number of aromatic nitrogens is 1. The van der Waals surface area contributed by atoms with E-state index in [1.807, 2.05) is 0 Å². The maximum atomic E-state index is 13.8. The highest BCUT2D eigenvalue weighted by Crippen LogP contribution is 2.32. The molecule has 106 valence electrons. The Hall–Kier alpha value is -1.56. The van der Waals surface area contributed by atoms with Crippen LogP contribution in [0.4, 0.5) is 8.78 Å². The molecular formula is C14H13ClF2N2O. The molecule has 2 atom stereocenters. The van der Waals surface area contributed by atoms with Crippen LogP contribution in [0.3, 0.4) is 0 Å². The Morgan fingerprint density at radius 3 is 2.60 bits per heavy atom. The molecule has 0 saturated heterocycles. The van der Waals surface area contributed by atoms with E-state index >= 15 is 0 Å². The molecule has 3 N–H and O–H groups in total. The fourth-order valence-corrected chi connectivity index (χ4v) is 2.14. The summed E-state index contributed by atoms with van der Waals surface area (Å²) < 4.78 is 27.3. The van der Waals surface area contributed by atoms with Crippen molar-refractivity contribution in [2.45, 2.75) is 12.0 Å². The van der Waals surface area contributed by atoms with Gasteiger partial charge in [-0.05, 0) is 24.3 Å². The van der Waals surface area contributed by atoms with Gasteiger partial charge in [-0.2, -0.15) is 0 Å². The molecule has 2 aromatic rings. The highest BCUT2D eigenvalue weighted by Gasteiger charge is 2.26. The normalized spacial score (nSPS) is 14.1. The Labute approximate surface area is 120 Å². The molecule has 0 amide bonds. The van der Waals surface area contributed by atoms with E-state index in [1.165, 1.54) is 0 Å². The maximum Gasteiger partial charge on any atom is 0.142 e. The summed E-state index contributed by atoms with van der Waals surface area (Å²) >= 11 is 5.49. The summed E-state index contributed by atoms with van der Waals surface area (Å²) in [6, 6.07) is 6.84. The third kappa shape index (κ3) is 2.95. The van der Waals surface area contributed by atoms with Crippen molar-refractivity contribution in [3.63, 3.8) is 0 Å². The molecule has 6 heteroatoms. The molecule has 2 rings (SSSR count). The van der Waals surface area contributed by atoms with Gasteiger partial charge in [0, 0.05) is 29.9 Å². The summed E-state index contributed by atoms with van der Waals surface area (Å²) in [6.07, 6.45) is 0.241. The van der Waals surface area contributed by atoms with Gasteiger partial charge in [0.1, 0.15) is 11.6 Å². The Bertz CT molecular complexity index is 595. The van der Waals surface area contributed by atoms with Gasteiger partial charge < -0.3 is 10.8 Å². The van der Waals surface area contributed by atoms with Gasteiger partial charge in [-0.25, -0.2) is 8.78 Å². The lowest BCUT2D eigenvalue weighted by molar-refractivity contribution is 0.141. The molecule has 3 nitrogen and oxygen atoms in total. The van der Waals surface area contributed by atoms with Gasteiger partial charge in [-0.3, -0.25) is 4.98 Å². The van der Waals surface area contributed by atoms with Crippen LogP contribution in [0.25, 0.3) is 0 Å². The number of aliphatic hydroxyl groups excluding tert-OH is 1. The van der Waals surface area contributed by atoms with E-state index in [4.69, 9.17) is 17.3 Å². The number of aliphatic hydroxyl groups is 1. The standard InChI is InChI=1S/C14H13ClF2N2O/c15-10-6-11(16)8(5-12(10)17)14(20)9(7-18)13-3-1-2-4-19-13/h1-6,9,14,20H,7,18H2. The molecule has 20 heavy (non-hydrogen) atoms. The third-order valence-electron chi connectivity index (χ3n) is 3.06. The van der Waals surface area contributed by atoms with E-state index in [0.717, 1.165) is 12.1 Å². The minimum absolute atomic E-state index is 0.0435. The summed E-state index contributed by atoms with van der Waals surface area (Å²) in [5, 5.41) is 9.93. The first-order valence-electron chi connectivity index (χ1n) is 5.98. The molecule has 0 fully saturated rings. The van der Waals surface area contributed by atoms with Crippen LogP contribution in [-0.2, 0) is 0 Å². The number of rotatable bonds is 4. The van der Waals surface area contributed by atoms with Crippen molar-refractivity contribution < 1.29 is 13.9 Å². The van der Waals surface area contributed by atoms with E-state index in [-0.39, 0.29) is 17.1 Å². The summed E-state index contributed by atoms with van der Waals surface area (Å²) in [5.41, 5.74) is 5.94. The zero-order chi connectivity index (χ0) is 14.7. The summed E-state index contributed by atoms with van der Waals surface area (Å²) in [6.45, 7) is 0.0435. The largest absolute Gasteiger partial charge is 0.388 e. The monoisotopic (exact) mass is 298 g/mol. The van der Waals surface area contributed by atoms with Crippen LogP contribution in [0.1, 0.15) is 23.3 Å². The van der Waals surface area contributed by atoms with Crippen molar-refractivity contribution in [3.8, 4) is 0 Å². The number of pyridine rings is 1. The van der Waals surface area contributed by atoms with Gasteiger partial charge >= 0.3 is 0 Å². The van der Waals surface area contributed by atoms with Gasteiger partial charge in [0.25, 0.3) is 0 Å². The number of benzene rings is 1. The molecule has 1 heterocycles. The van der Waals surface area contributed by atoms with Crippen molar-refractivity contribution in [1.29, 1.82) is 0 Å². The van der Waals surface area contributed by atoms with Crippen LogP contribution >= 0.6 is 11.6 Å². The fraction of sp³-hybridized carbons (Fsp3) is 0.214. The number of nitrogens with zero attached hydrogens (tertiary/aromatic N) is 1. The Kier molecular flexibility index (Phi) is 4.65. The van der Waals surface area contributed by atoms with Crippen LogP contribution in [0.15, 0.2) is 36.5 Å². The fourth-order valence-electron chi connectivity index (χ4n) is 1.99. The first-order chi connectivity index (χ1) is 9.54.